The van der Waals surface area contributed by atoms with Crippen LogP contribution >= 0.6 is 0 Å². The third-order valence-electron chi connectivity index (χ3n) is 6.22. The van der Waals surface area contributed by atoms with Crippen molar-refractivity contribution >= 4 is 16.8 Å². The molecule has 1 amide bonds. The first-order chi connectivity index (χ1) is 16.1. The summed E-state index contributed by atoms with van der Waals surface area (Å²) in [6.07, 6.45) is 1.82. The van der Waals surface area contributed by atoms with E-state index in [0.29, 0.717) is 6.54 Å². The van der Waals surface area contributed by atoms with Gasteiger partial charge in [-0.2, -0.15) is 5.10 Å². The lowest BCUT2D eigenvalue weighted by Gasteiger charge is -2.35. The van der Waals surface area contributed by atoms with Crippen LogP contribution in [0.4, 0.5) is 4.39 Å². The quantitative estimate of drug-likeness (QED) is 0.360. The molecule has 0 saturated heterocycles. The number of hydrogen-bond donors (Lipinski definition) is 1. The van der Waals surface area contributed by atoms with E-state index in [1.807, 2.05) is 44.3 Å². The van der Waals surface area contributed by atoms with Gasteiger partial charge in [-0.25, -0.2) is 9.07 Å². The maximum absolute atomic E-state index is 13.4. The molecule has 0 aliphatic heterocycles. The molecule has 4 rings (SSSR count). The van der Waals surface area contributed by atoms with Gasteiger partial charge in [0.1, 0.15) is 5.82 Å². The average Bonchev–Trinajstić information content (AvgIpc) is 3.21. The molecule has 0 saturated carbocycles. The molecule has 1 unspecified atom stereocenters. The van der Waals surface area contributed by atoms with Crippen molar-refractivity contribution in [1.82, 2.24) is 15.1 Å². The first-order valence-corrected chi connectivity index (χ1v) is 11.6. The van der Waals surface area contributed by atoms with Gasteiger partial charge >= 0.3 is 0 Å². The van der Waals surface area contributed by atoms with Gasteiger partial charge in [0.15, 0.2) is 0 Å². The fourth-order valence-electron chi connectivity index (χ4n) is 4.39. The van der Waals surface area contributed by atoms with Crippen LogP contribution in [0.2, 0.25) is 0 Å². The van der Waals surface area contributed by atoms with E-state index < -0.39 is 5.41 Å². The van der Waals surface area contributed by atoms with Crippen molar-refractivity contribution in [1.29, 1.82) is 0 Å². The predicted octanol–water partition coefficient (Wildman–Crippen LogP) is 6.49. The van der Waals surface area contributed by atoms with Crippen LogP contribution < -0.4 is 5.32 Å². The standard InChI is InChI=1S/C29H32FN3O/c1-28(2,3)19-31-27(34)29(4,5)26(20-9-7-6-8-10-20)21-11-16-25-22(17-21)18-32-33(25)24-14-12-23(30)13-15-24/h6-18,26H,19H2,1-5H3,(H,31,34). The number of nitrogens with zero attached hydrogens (tertiary/aromatic N) is 2. The maximum atomic E-state index is 13.4. The molecule has 1 heterocycles. The molecule has 1 aromatic heterocycles. The Morgan fingerprint density at radius 1 is 0.941 bits per heavy atom. The van der Waals surface area contributed by atoms with Crippen LogP contribution in [0.25, 0.3) is 16.6 Å². The summed E-state index contributed by atoms with van der Waals surface area (Å²) in [6.45, 7) is 11.0. The van der Waals surface area contributed by atoms with Crippen LogP contribution in [0.3, 0.4) is 0 Å². The Morgan fingerprint density at radius 2 is 1.62 bits per heavy atom. The highest BCUT2D eigenvalue weighted by molar-refractivity contribution is 5.85. The summed E-state index contributed by atoms with van der Waals surface area (Å²) in [5.74, 6) is -0.397. The Balaban J connectivity index is 1.75. The highest BCUT2D eigenvalue weighted by Gasteiger charge is 2.39. The van der Waals surface area contributed by atoms with Crippen molar-refractivity contribution in [2.75, 3.05) is 6.54 Å². The Labute approximate surface area is 200 Å². The third kappa shape index (κ3) is 4.89. The summed E-state index contributed by atoms with van der Waals surface area (Å²) in [4.78, 5) is 13.4. The first kappa shape index (κ1) is 23.7. The summed E-state index contributed by atoms with van der Waals surface area (Å²) in [6, 6.07) is 22.7. The minimum atomic E-state index is -0.687. The Kier molecular flexibility index (Phi) is 6.30. The molecule has 0 aliphatic carbocycles. The van der Waals surface area contributed by atoms with Gasteiger partial charge < -0.3 is 5.32 Å². The molecule has 0 aliphatic rings. The monoisotopic (exact) mass is 457 g/mol. The summed E-state index contributed by atoms with van der Waals surface area (Å²) in [5, 5.41) is 8.67. The lowest BCUT2D eigenvalue weighted by atomic mass is 9.70. The van der Waals surface area contributed by atoms with E-state index in [2.05, 4.69) is 55.5 Å². The second kappa shape index (κ2) is 9.05. The van der Waals surface area contributed by atoms with Crippen molar-refractivity contribution < 1.29 is 9.18 Å². The van der Waals surface area contributed by atoms with Crippen molar-refractivity contribution in [3.05, 3.63) is 95.9 Å². The van der Waals surface area contributed by atoms with Crippen LogP contribution in [0.1, 0.15) is 51.7 Å². The second-order valence-corrected chi connectivity index (χ2v) is 10.7. The number of halogens is 1. The molecule has 34 heavy (non-hydrogen) atoms. The van der Waals surface area contributed by atoms with Gasteiger partial charge in [0.2, 0.25) is 5.91 Å². The van der Waals surface area contributed by atoms with Gasteiger partial charge in [0.05, 0.1) is 22.8 Å². The van der Waals surface area contributed by atoms with Crippen molar-refractivity contribution in [2.24, 2.45) is 10.8 Å². The van der Waals surface area contributed by atoms with Crippen LogP contribution in [0, 0.1) is 16.6 Å². The number of fused-ring (bicyclic) bond motifs is 1. The topological polar surface area (TPSA) is 46.9 Å². The number of nitrogens with one attached hydrogen (secondary N) is 1. The largest absolute Gasteiger partial charge is 0.355 e. The number of aromatic nitrogens is 2. The molecule has 3 aromatic carbocycles. The van der Waals surface area contributed by atoms with E-state index in [-0.39, 0.29) is 23.1 Å². The van der Waals surface area contributed by atoms with Gasteiger partial charge in [-0.3, -0.25) is 4.79 Å². The van der Waals surface area contributed by atoms with E-state index in [4.69, 9.17) is 0 Å². The van der Waals surface area contributed by atoms with Crippen LogP contribution in [0.15, 0.2) is 79.0 Å². The van der Waals surface area contributed by atoms with Gasteiger partial charge in [-0.05, 0) is 52.9 Å². The molecular weight excluding hydrogens is 425 g/mol. The first-order valence-electron chi connectivity index (χ1n) is 11.6. The Morgan fingerprint density at radius 3 is 2.26 bits per heavy atom. The summed E-state index contributed by atoms with van der Waals surface area (Å²) in [5.41, 5.74) is 3.18. The number of hydrogen-bond acceptors (Lipinski definition) is 2. The van der Waals surface area contributed by atoms with Crippen molar-refractivity contribution in [3.63, 3.8) is 0 Å². The molecular formula is C29H32FN3O. The van der Waals surface area contributed by atoms with Gasteiger partial charge in [-0.15, -0.1) is 0 Å². The average molecular weight is 458 g/mol. The lowest BCUT2D eigenvalue weighted by molar-refractivity contribution is -0.130. The number of carbonyl (C=O) groups excluding carboxylic acids is 1. The van der Waals surface area contributed by atoms with E-state index in [0.717, 1.165) is 27.7 Å². The molecule has 1 atom stereocenters. The summed E-state index contributed by atoms with van der Waals surface area (Å²) >= 11 is 0. The number of rotatable bonds is 6. The SMILES string of the molecule is CC(C)(C)CNC(=O)C(C)(C)C(c1ccccc1)c1ccc2c(cnn2-c2ccc(F)cc2)c1. The summed E-state index contributed by atoms with van der Waals surface area (Å²) < 4.78 is 15.2. The fraction of sp³-hybridized carbons (Fsp3) is 0.310. The third-order valence-corrected chi connectivity index (χ3v) is 6.22. The van der Waals surface area contributed by atoms with Crippen LogP contribution in [0.5, 0.6) is 0 Å². The number of carbonyl (C=O) groups is 1. The summed E-state index contributed by atoms with van der Waals surface area (Å²) in [7, 11) is 0. The minimum absolute atomic E-state index is 0.00182. The van der Waals surface area contributed by atoms with Gasteiger partial charge in [0.25, 0.3) is 0 Å². The molecule has 0 radical (unpaired) electrons. The van der Waals surface area contributed by atoms with Crippen molar-refractivity contribution in [2.45, 2.75) is 40.5 Å². The van der Waals surface area contributed by atoms with Crippen LogP contribution in [-0.4, -0.2) is 22.2 Å². The molecule has 0 bridgehead atoms. The minimum Gasteiger partial charge on any atom is -0.355 e. The second-order valence-electron chi connectivity index (χ2n) is 10.7. The molecule has 176 valence electrons. The zero-order chi connectivity index (χ0) is 24.5. The fourth-order valence-corrected chi connectivity index (χ4v) is 4.39. The zero-order valence-corrected chi connectivity index (χ0v) is 20.5. The Bertz CT molecular complexity index is 1280. The molecule has 0 fully saturated rings. The Hall–Kier alpha value is -3.47. The van der Waals surface area contributed by atoms with Crippen LogP contribution in [-0.2, 0) is 4.79 Å². The lowest BCUT2D eigenvalue weighted by Crippen LogP contribution is -2.44. The van der Waals surface area contributed by atoms with Crippen molar-refractivity contribution in [3.8, 4) is 5.69 Å². The van der Waals surface area contributed by atoms with E-state index in [1.54, 1.807) is 16.8 Å². The van der Waals surface area contributed by atoms with Gasteiger partial charge in [-0.1, -0.05) is 71.0 Å². The van der Waals surface area contributed by atoms with E-state index >= 15 is 0 Å². The molecule has 1 N–H and O–H groups in total. The number of amides is 1. The highest BCUT2D eigenvalue weighted by atomic mass is 19.1. The van der Waals surface area contributed by atoms with E-state index in [1.165, 1.54) is 12.1 Å². The predicted molar refractivity (Wildman–Crippen MR) is 136 cm³/mol. The van der Waals surface area contributed by atoms with E-state index in [9.17, 15) is 9.18 Å². The molecule has 5 heteroatoms. The smallest absolute Gasteiger partial charge is 0.226 e. The molecule has 0 spiro atoms. The highest BCUT2D eigenvalue weighted by Crippen LogP contribution is 2.42. The van der Waals surface area contributed by atoms with Gasteiger partial charge in [0, 0.05) is 17.8 Å². The molecule has 4 aromatic rings. The zero-order valence-electron chi connectivity index (χ0n) is 20.5. The maximum Gasteiger partial charge on any atom is 0.226 e. The normalized spacial score (nSPS) is 13.1. The number of benzene rings is 3. The molecule has 4 nitrogen and oxygen atoms in total.